The molecule has 0 bridgehead atoms. The van der Waals surface area contributed by atoms with Crippen molar-refractivity contribution < 1.29 is 14.3 Å². The summed E-state index contributed by atoms with van der Waals surface area (Å²) in [6, 6.07) is 0. The topological polar surface area (TPSA) is 81.4 Å². The largest absolute Gasteiger partial charge is 0.469 e. The lowest BCUT2D eigenvalue weighted by Crippen LogP contribution is -2.17. The third kappa shape index (κ3) is 3.07. The lowest BCUT2D eigenvalue weighted by atomic mass is 9.95. The molecule has 0 saturated carbocycles. The van der Waals surface area contributed by atoms with Crippen molar-refractivity contribution in [2.45, 2.75) is 32.1 Å². The third-order valence-electron chi connectivity index (χ3n) is 3.26. The monoisotopic (exact) mass is 282 g/mol. The summed E-state index contributed by atoms with van der Waals surface area (Å²) in [7, 11) is 1.36. The van der Waals surface area contributed by atoms with Gasteiger partial charge in [-0.2, -0.15) is 0 Å². The Labute approximate surface area is 116 Å². The van der Waals surface area contributed by atoms with E-state index in [1.165, 1.54) is 12.0 Å². The molecule has 2 rings (SSSR count). The minimum Gasteiger partial charge on any atom is -0.469 e. The number of rotatable bonds is 5. The van der Waals surface area contributed by atoms with Gasteiger partial charge >= 0.3 is 5.97 Å². The molecule has 1 amide bonds. The number of nitrogens with one attached hydrogen (secondary N) is 1. The zero-order valence-electron chi connectivity index (χ0n) is 11.0. The lowest BCUT2D eigenvalue weighted by molar-refractivity contribution is -0.140. The van der Waals surface area contributed by atoms with Gasteiger partial charge in [-0.15, -0.1) is 11.3 Å². The maximum Gasteiger partial charge on any atom is 0.307 e. The Bertz CT molecular complexity index is 496. The van der Waals surface area contributed by atoms with Crippen LogP contribution in [-0.4, -0.2) is 25.5 Å². The second kappa shape index (κ2) is 6.06. The smallest absolute Gasteiger partial charge is 0.307 e. The molecule has 104 valence electrons. The molecule has 0 unspecified atom stereocenters. The number of esters is 1. The number of hydrogen-bond donors (Lipinski definition) is 2. The van der Waals surface area contributed by atoms with Gasteiger partial charge in [-0.05, 0) is 31.2 Å². The summed E-state index contributed by atoms with van der Waals surface area (Å²) in [5.74, 6) is -0.658. The van der Waals surface area contributed by atoms with Gasteiger partial charge in [-0.1, -0.05) is 0 Å². The van der Waals surface area contributed by atoms with Gasteiger partial charge in [0.05, 0.1) is 19.1 Å². The van der Waals surface area contributed by atoms with Gasteiger partial charge in [0.1, 0.15) is 5.00 Å². The van der Waals surface area contributed by atoms with Crippen molar-refractivity contribution >= 4 is 28.2 Å². The van der Waals surface area contributed by atoms with Crippen LogP contribution in [0.2, 0.25) is 0 Å². The van der Waals surface area contributed by atoms with Gasteiger partial charge in [-0.3, -0.25) is 9.59 Å². The van der Waals surface area contributed by atoms with E-state index in [0.29, 0.717) is 12.1 Å². The van der Waals surface area contributed by atoms with Crippen molar-refractivity contribution in [2.24, 2.45) is 5.73 Å². The number of thiophene rings is 1. The number of anilines is 1. The Balaban J connectivity index is 2.13. The number of amides is 1. The van der Waals surface area contributed by atoms with E-state index in [1.807, 2.05) is 0 Å². The highest BCUT2D eigenvalue weighted by atomic mass is 32.1. The molecule has 1 aromatic heterocycles. The van der Waals surface area contributed by atoms with Gasteiger partial charge in [0, 0.05) is 11.4 Å². The fourth-order valence-corrected chi connectivity index (χ4v) is 3.65. The summed E-state index contributed by atoms with van der Waals surface area (Å²) in [6.07, 6.45) is 4.47. The van der Waals surface area contributed by atoms with E-state index in [-0.39, 0.29) is 18.3 Å². The summed E-state index contributed by atoms with van der Waals surface area (Å²) in [5, 5.41) is 3.93. The molecule has 5 nitrogen and oxygen atoms in total. The molecule has 1 aliphatic carbocycles. The molecule has 0 aromatic carbocycles. The number of ether oxygens (including phenoxy) is 1. The van der Waals surface area contributed by atoms with Crippen LogP contribution in [0.4, 0.5) is 5.00 Å². The minimum absolute atomic E-state index is 0.269. The Hall–Kier alpha value is -1.56. The zero-order chi connectivity index (χ0) is 13.8. The summed E-state index contributed by atoms with van der Waals surface area (Å²) in [4.78, 5) is 23.9. The highest BCUT2D eigenvalue weighted by Crippen LogP contribution is 2.37. The maximum absolute atomic E-state index is 11.6. The van der Waals surface area contributed by atoms with Crippen LogP contribution >= 0.6 is 11.3 Å². The van der Waals surface area contributed by atoms with Crippen molar-refractivity contribution in [3.63, 3.8) is 0 Å². The molecular weight excluding hydrogens is 264 g/mol. The molecule has 19 heavy (non-hydrogen) atoms. The summed E-state index contributed by atoms with van der Waals surface area (Å²) in [5.41, 5.74) is 7.19. The number of fused-ring (bicyclic) bond motifs is 1. The molecule has 1 heterocycles. The standard InChI is InChI=1S/C13H18N2O3S/c1-18-10(16)6-7-15-13-11(12(14)17)8-4-2-3-5-9(8)19-13/h15H,2-7H2,1H3,(H2,14,17). The molecule has 0 radical (unpaired) electrons. The average molecular weight is 282 g/mol. The fourth-order valence-electron chi connectivity index (χ4n) is 2.33. The number of hydrogen-bond acceptors (Lipinski definition) is 5. The number of methoxy groups -OCH3 is 1. The van der Waals surface area contributed by atoms with E-state index in [0.717, 1.165) is 36.2 Å². The highest BCUT2D eigenvalue weighted by molar-refractivity contribution is 7.16. The Morgan fingerprint density at radius 1 is 1.37 bits per heavy atom. The predicted molar refractivity (Wildman–Crippen MR) is 74.6 cm³/mol. The van der Waals surface area contributed by atoms with Gasteiger partial charge in [0.25, 0.3) is 5.91 Å². The molecule has 0 spiro atoms. The molecule has 6 heteroatoms. The molecule has 0 aliphatic heterocycles. The summed E-state index contributed by atoms with van der Waals surface area (Å²) in [6.45, 7) is 0.451. The van der Waals surface area contributed by atoms with Gasteiger partial charge in [0.15, 0.2) is 0 Å². The molecule has 0 atom stereocenters. The maximum atomic E-state index is 11.6. The Morgan fingerprint density at radius 3 is 2.79 bits per heavy atom. The first-order valence-corrected chi connectivity index (χ1v) is 7.20. The van der Waals surface area contributed by atoms with Crippen molar-refractivity contribution in [3.05, 3.63) is 16.0 Å². The quantitative estimate of drug-likeness (QED) is 0.805. The van der Waals surface area contributed by atoms with Gasteiger partial charge < -0.3 is 15.8 Å². The zero-order valence-corrected chi connectivity index (χ0v) is 11.8. The summed E-state index contributed by atoms with van der Waals surface area (Å²) < 4.78 is 4.58. The van der Waals surface area contributed by atoms with Crippen LogP contribution in [0.15, 0.2) is 0 Å². The number of carbonyl (C=O) groups excluding carboxylic acids is 2. The van der Waals surface area contributed by atoms with Crippen LogP contribution in [0.3, 0.4) is 0 Å². The molecule has 0 saturated heterocycles. The molecule has 3 N–H and O–H groups in total. The molecule has 1 aliphatic rings. The van der Waals surface area contributed by atoms with E-state index in [2.05, 4.69) is 10.1 Å². The number of carbonyl (C=O) groups is 2. The van der Waals surface area contributed by atoms with E-state index in [4.69, 9.17) is 5.73 Å². The number of nitrogens with two attached hydrogens (primary N) is 1. The fraction of sp³-hybridized carbons (Fsp3) is 0.538. The average Bonchev–Trinajstić information content (AvgIpc) is 2.76. The molecular formula is C13H18N2O3S. The van der Waals surface area contributed by atoms with E-state index >= 15 is 0 Å². The van der Waals surface area contributed by atoms with E-state index in [9.17, 15) is 9.59 Å². The van der Waals surface area contributed by atoms with Gasteiger partial charge in [0.2, 0.25) is 0 Å². The Kier molecular flexibility index (Phi) is 4.42. The third-order valence-corrected chi connectivity index (χ3v) is 4.51. The van der Waals surface area contributed by atoms with Crippen LogP contribution in [0.5, 0.6) is 0 Å². The van der Waals surface area contributed by atoms with Crippen molar-refractivity contribution in [1.82, 2.24) is 0 Å². The van der Waals surface area contributed by atoms with Crippen LogP contribution < -0.4 is 11.1 Å². The molecule has 0 fully saturated rings. The van der Waals surface area contributed by atoms with E-state index < -0.39 is 0 Å². The SMILES string of the molecule is COC(=O)CCNc1sc2c(c1C(N)=O)CCCC2. The first-order valence-electron chi connectivity index (χ1n) is 6.38. The lowest BCUT2D eigenvalue weighted by Gasteiger charge is -2.11. The van der Waals surface area contributed by atoms with Crippen molar-refractivity contribution in [2.75, 3.05) is 19.0 Å². The Morgan fingerprint density at radius 2 is 2.11 bits per heavy atom. The van der Waals surface area contributed by atoms with Crippen molar-refractivity contribution in [1.29, 1.82) is 0 Å². The number of primary amides is 1. The van der Waals surface area contributed by atoms with Gasteiger partial charge in [-0.25, -0.2) is 0 Å². The van der Waals surface area contributed by atoms with Crippen LogP contribution in [0, 0.1) is 0 Å². The number of aryl methyl sites for hydroxylation is 1. The first-order chi connectivity index (χ1) is 9.13. The molecule has 1 aromatic rings. The van der Waals surface area contributed by atoms with Crippen LogP contribution in [-0.2, 0) is 22.4 Å². The minimum atomic E-state index is -0.389. The van der Waals surface area contributed by atoms with E-state index in [1.54, 1.807) is 11.3 Å². The second-order valence-electron chi connectivity index (χ2n) is 4.53. The highest BCUT2D eigenvalue weighted by Gasteiger charge is 2.23. The van der Waals surface area contributed by atoms with Crippen molar-refractivity contribution in [3.8, 4) is 0 Å². The normalized spacial score (nSPS) is 13.7. The first kappa shape index (κ1) is 13.9. The predicted octanol–water partition coefficient (Wildman–Crippen LogP) is 1.70. The second-order valence-corrected chi connectivity index (χ2v) is 5.64. The van der Waals surface area contributed by atoms with Crippen LogP contribution in [0.25, 0.3) is 0 Å². The summed E-state index contributed by atoms with van der Waals surface area (Å²) >= 11 is 1.59. The van der Waals surface area contributed by atoms with Crippen LogP contribution in [0.1, 0.15) is 40.1 Å².